The van der Waals surface area contributed by atoms with Gasteiger partial charge in [-0.3, -0.25) is 0 Å². The zero-order valence-corrected chi connectivity index (χ0v) is 20.6. The van der Waals surface area contributed by atoms with E-state index in [0.717, 1.165) is 51.4 Å². The first-order valence-corrected chi connectivity index (χ1v) is 11.7. The predicted molar refractivity (Wildman–Crippen MR) is 139 cm³/mol. The fourth-order valence-corrected chi connectivity index (χ4v) is 4.44. The molecule has 9 heteroatoms. The van der Waals surface area contributed by atoms with Crippen LogP contribution in [0.3, 0.4) is 0 Å². The molecule has 0 bridgehead atoms. The Kier molecular flexibility index (Phi) is 5.26. The highest BCUT2D eigenvalue weighted by Crippen LogP contribution is 2.30. The smallest absolute Gasteiger partial charge is 0.176 e. The molecule has 5 aromatic heterocycles. The Morgan fingerprint density at radius 1 is 0.861 bits per heavy atom. The van der Waals surface area contributed by atoms with Crippen LogP contribution in [0.5, 0.6) is 0 Å². The van der Waals surface area contributed by atoms with Crippen molar-refractivity contribution >= 4 is 16.7 Å². The first kappa shape index (κ1) is 22.0. The summed E-state index contributed by atoms with van der Waals surface area (Å²) in [6, 6.07) is 16.6. The highest BCUT2D eigenvalue weighted by molar-refractivity contribution is 5.92. The van der Waals surface area contributed by atoms with Gasteiger partial charge in [0.05, 0.1) is 29.5 Å². The highest BCUT2D eigenvalue weighted by atomic mass is 15.5. The van der Waals surface area contributed by atoms with Crippen molar-refractivity contribution in [3.8, 4) is 28.2 Å². The van der Waals surface area contributed by atoms with Crippen molar-refractivity contribution in [1.82, 2.24) is 44.5 Å². The van der Waals surface area contributed by atoms with E-state index in [-0.39, 0.29) is 0 Å². The summed E-state index contributed by atoms with van der Waals surface area (Å²) in [6.45, 7) is 4.84. The molecule has 5 heterocycles. The quantitative estimate of drug-likeness (QED) is 0.368. The van der Waals surface area contributed by atoms with E-state index in [0.29, 0.717) is 11.5 Å². The predicted octanol–water partition coefficient (Wildman–Crippen LogP) is 4.27. The second-order valence-electron chi connectivity index (χ2n) is 9.17. The minimum Gasteiger partial charge on any atom is -0.305 e. The Balaban J connectivity index is 1.41. The maximum atomic E-state index is 4.91. The summed E-state index contributed by atoms with van der Waals surface area (Å²) in [7, 11) is 4.15. The highest BCUT2D eigenvalue weighted by Gasteiger charge is 2.15. The SMILES string of the molecule is Cc1cnn(-c2ccc3c(-c4cnc5cc(-c6ccc(CN(C)C)cc6)c(C)nn45)ccnc3n2)n1. The van der Waals surface area contributed by atoms with Crippen molar-refractivity contribution in [2.45, 2.75) is 20.4 Å². The second-order valence-corrected chi connectivity index (χ2v) is 9.17. The van der Waals surface area contributed by atoms with Gasteiger partial charge in [0.25, 0.3) is 0 Å². The van der Waals surface area contributed by atoms with Gasteiger partial charge >= 0.3 is 0 Å². The average molecular weight is 476 g/mol. The Labute approximate surface area is 208 Å². The van der Waals surface area contributed by atoms with Crippen LogP contribution < -0.4 is 0 Å². The minimum absolute atomic E-state index is 0.612. The molecule has 0 aliphatic heterocycles. The van der Waals surface area contributed by atoms with Crippen molar-refractivity contribution in [3.05, 3.63) is 84.1 Å². The van der Waals surface area contributed by atoms with Gasteiger partial charge in [-0.2, -0.15) is 15.3 Å². The molecule has 0 saturated heterocycles. The number of rotatable bonds is 5. The van der Waals surface area contributed by atoms with Gasteiger partial charge in [-0.25, -0.2) is 19.5 Å². The number of hydrogen-bond donors (Lipinski definition) is 0. The zero-order valence-electron chi connectivity index (χ0n) is 20.6. The average Bonchev–Trinajstić information content (AvgIpc) is 3.49. The molecule has 0 spiro atoms. The summed E-state index contributed by atoms with van der Waals surface area (Å²) in [5, 5.41) is 14.4. The van der Waals surface area contributed by atoms with Crippen molar-refractivity contribution in [3.63, 3.8) is 0 Å². The standard InChI is InChI=1S/C27H25N9/c1-17-14-30-36(32-17)25-10-9-22-21(11-12-28-27(22)31-25)24-15-29-26-13-23(18(2)33-35(24)26)20-7-5-19(6-8-20)16-34(3)4/h5-15H,16H2,1-4H3. The van der Waals surface area contributed by atoms with Crippen LogP contribution in [0.15, 0.2) is 67.1 Å². The largest absolute Gasteiger partial charge is 0.305 e. The third kappa shape index (κ3) is 3.89. The molecule has 0 unspecified atom stereocenters. The van der Waals surface area contributed by atoms with Gasteiger partial charge < -0.3 is 4.90 Å². The van der Waals surface area contributed by atoms with Crippen molar-refractivity contribution in [2.75, 3.05) is 14.1 Å². The lowest BCUT2D eigenvalue weighted by molar-refractivity contribution is 0.402. The number of fused-ring (bicyclic) bond motifs is 2. The van der Waals surface area contributed by atoms with Gasteiger partial charge in [-0.1, -0.05) is 24.3 Å². The number of nitrogens with zero attached hydrogens (tertiary/aromatic N) is 9. The molecule has 6 aromatic rings. The van der Waals surface area contributed by atoms with E-state index in [1.165, 1.54) is 10.4 Å². The Bertz CT molecular complexity index is 1710. The topological polar surface area (TPSA) is 89.9 Å². The molecule has 6 rings (SSSR count). The van der Waals surface area contributed by atoms with Gasteiger partial charge in [-0.05, 0) is 63.3 Å². The molecule has 0 atom stereocenters. The first-order chi connectivity index (χ1) is 17.5. The number of aromatic nitrogens is 8. The molecule has 9 nitrogen and oxygen atoms in total. The molecule has 0 aliphatic rings. The lowest BCUT2D eigenvalue weighted by Crippen LogP contribution is -2.10. The van der Waals surface area contributed by atoms with Gasteiger partial charge in [-0.15, -0.1) is 4.80 Å². The van der Waals surface area contributed by atoms with Gasteiger partial charge in [0.2, 0.25) is 0 Å². The normalized spacial score (nSPS) is 11.7. The van der Waals surface area contributed by atoms with E-state index in [1.54, 1.807) is 12.4 Å². The van der Waals surface area contributed by atoms with Gasteiger partial charge in [0.15, 0.2) is 17.1 Å². The molecule has 1 aromatic carbocycles. The monoisotopic (exact) mass is 475 g/mol. The lowest BCUT2D eigenvalue weighted by atomic mass is 10.0. The van der Waals surface area contributed by atoms with Crippen LogP contribution >= 0.6 is 0 Å². The fourth-order valence-electron chi connectivity index (χ4n) is 4.44. The van der Waals surface area contributed by atoms with Gasteiger partial charge in [0, 0.05) is 29.3 Å². The van der Waals surface area contributed by atoms with E-state index in [2.05, 4.69) is 74.5 Å². The summed E-state index contributed by atoms with van der Waals surface area (Å²) in [4.78, 5) is 17.5. The van der Waals surface area contributed by atoms with Crippen LogP contribution in [0, 0.1) is 13.8 Å². The third-order valence-electron chi connectivity index (χ3n) is 6.12. The number of aryl methyl sites for hydroxylation is 2. The molecule has 36 heavy (non-hydrogen) atoms. The number of hydrogen-bond acceptors (Lipinski definition) is 7. The molecule has 0 saturated carbocycles. The molecule has 0 radical (unpaired) electrons. The Morgan fingerprint density at radius 2 is 1.69 bits per heavy atom. The molecular weight excluding hydrogens is 450 g/mol. The minimum atomic E-state index is 0.612. The summed E-state index contributed by atoms with van der Waals surface area (Å²) in [6.07, 6.45) is 5.31. The van der Waals surface area contributed by atoms with E-state index >= 15 is 0 Å². The summed E-state index contributed by atoms with van der Waals surface area (Å²) in [5.74, 6) is 0.619. The molecule has 0 aliphatic carbocycles. The summed E-state index contributed by atoms with van der Waals surface area (Å²) >= 11 is 0. The van der Waals surface area contributed by atoms with E-state index < -0.39 is 0 Å². The molecule has 0 N–H and O–H groups in total. The maximum absolute atomic E-state index is 4.91. The summed E-state index contributed by atoms with van der Waals surface area (Å²) in [5.41, 5.74) is 8.48. The summed E-state index contributed by atoms with van der Waals surface area (Å²) < 4.78 is 1.89. The van der Waals surface area contributed by atoms with Crippen molar-refractivity contribution < 1.29 is 0 Å². The van der Waals surface area contributed by atoms with Gasteiger partial charge in [0.1, 0.15) is 0 Å². The number of pyridine rings is 2. The van der Waals surface area contributed by atoms with Crippen LogP contribution in [-0.4, -0.2) is 58.6 Å². The van der Waals surface area contributed by atoms with Crippen LogP contribution in [-0.2, 0) is 6.54 Å². The van der Waals surface area contributed by atoms with E-state index in [4.69, 9.17) is 5.10 Å². The zero-order chi connectivity index (χ0) is 24.8. The lowest BCUT2D eigenvalue weighted by Gasteiger charge is -2.12. The van der Waals surface area contributed by atoms with E-state index in [9.17, 15) is 0 Å². The molecule has 178 valence electrons. The Morgan fingerprint density at radius 3 is 2.44 bits per heavy atom. The maximum Gasteiger partial charge on any atom is 0.176 e. The number of imidazole rings is 1. The van der Waals surface area contributed by atoms with Crippen LogP contribution in [0.4, 0.5) is 0 Å². The third-order valence-corrected chi connectivity index (χ3v) is 6.12. The van der Waals surface area contributed by atoms with Crippen molar-refractivity contribution in [2.24, 2.45) is 0 Å². The van der Waals surface area contributed by atoms with Crippen molar-refractivity contribution in [1.29, 1.82) is 0 Å². The second kappa shape index (κ2) is 8.62. The molecular formula is C27H25N9. The molecule has 0 fully saturated rings. The fraction of sp³-hybridized carbons (Fsp3) is 0.185. The van der Waals surface area contributed by atoms with Crippen LogP contribution in [0.25, 0.3) is 44.9 Å². The number of benzene rings is 1. The molecule has 0 amide bonds. The van der Waals surface area contributed by atoms with Crippen LogP contribution in [0.2, 0.25) is 0 Å². The van der Waals surface area contributed by atoms with Crippen LogP contribution in [0.1, 0.15) is 17.0 Å². The first-order valence-electron chi connectivity index (χ1n) is 11.7. The van der Waals surface area contributed by atoms with E-state index in [1.807, 2.05) is 42.8 Å². The Hall–Kier alpha value is -4.50.